The second-order valence-electron chi connectivity index (χ2n) is 3.92. The van der Waals surface area contributed by atoms with Gasteiger partial charge in [0.25, 0.3) is 0 Å². The van der Waals surface area contributed by atoms with Crippen molar-refractivity contribution < 1.29 is 4.74 Å². The molecule has 2 rings (SSSR count). The molecule has 0 aromatic heterocycles. The summed E-state index contributed by atoms with van der Waals surface area (Å²) in [7, 11) is 0. The van der Waals surface area contributed by atoms with E-state index in [9.17, 15) is 0 Å². The van der Waals surface area contributed by atoms with Crippen LogP contribution in [0.5, 0.6) is 0 Å². The first-order valence-corrected chi connectivity index (χ1v) is 6.22. The maximum atomic E-state index is 5.65. The summed E-state index contributed by atoms with van der Waals surface area (Å²) < 4.78 is 5.65. The summed E-state index contributed by atoms with van der Waals surface area (Å²) in [6, 6.07) is 8.70. The number of hydrogen-bond acceptors (Lipinski definition) is 2. The molecule has 0 saturated carbocycles. The molecule has 1 aliphatic heterocycles. The first kappa shape index (κ1) is 10.1. The van der Waals surface area contributed by atoms with E-state index in [1.54, 1.807) is 0 Å². The lowest BCUT2D eigenvalue weighted by Gasteiger charge is -2.18. The van der Waals surface area contributed by atoms with Crippen LogP contribution in [0.3, 0.4) is 0 Å². The van der Waals surface area contributed by atoms with Gasteiger partial charge in [-0.3, -0.25) is 0 Å². The third-order valence-corrected chi connectivity index (χ3v) is 4.09. The van der Waals surface area contributed by atoms with Crippen LogP contribution in [0, 0.1) is 6.92 Å². The Morgan fingerprint density at radius 1 is 1.36 bits per heavy atom. The predicted molar refractivity (Wildman–Crippen MR) is 61.8 cm³/mol. The number of benzene rings is 1. The van der Waals surface area contributed by atoms with E-state index >= 15 is 0 Å². The van der Waals surface area contributed by atoms with Crippen LogP contribution in [0.15, 0.2) is 24.3 Å². The van der Waals surface area contributed by atoms with Gasteiger partial charge in [0.05, 0.1) is 6.61 Å². The maximum absolute atomic E-state index is 5.65. The van der Waals surface area contributed by atoms with Crippen LogP contribution in [-0.4, -0.2) is 18.1 Å². The Kier molecular flexibility index (Phi) is 2.58. The normalized spacial score (nSPS) is 27.4. The Labute approximate surface area is 89.9 Å². The Morgan fingerprint density at radius 2 is 1.93 bits per heavy atom. The highest BCUT2D eigenvalue weighted by atomic mass is 32.2. The highest BCUT2D eigenvalue weighted by Crippen LogP contribution is 2.46. The molecule has 0 aliphatic carbocycles. The van der Waals surface area contributed by atoms with E-state index in [0.29, 0.717) is 5.25 Å². The lowest BCUT2D eigenvalue weighted by atomic mass is 9.96. The van der Waals surface area contributed by atoms with Crippen LogP contribution in [-0.2, 0) is 10.3 Å². The van der Waals surface area contributed by atoms with Gasteiger partial charge < -0.3 is 4.74 Å². The van der Waals surface area contributed by atoms with Crippen LogP contribution in [0.2, 0.25) is 0 Å². The fourth-order valence-corrected chi connectivity index (χ4v) is 2.39. The molecule has 1 aliphatic rings. The van der Waals surface area contributed by atoms with Gasteiger partial charge in [-0.1, -0.05) is 36.8 Å². The first-order valence-electron chi connectivity index (χ1n) is 4.93. The summed E-state index contributed by atoms with van der Waals surface area (Å²) in [6.07, 6.45) is 2.14. The summed E-state index contributed by atoms with van der Waals surface area (Å²) >= 11 is 1.87. The fraction of sp³-hybridized carbons (Fsp3) is 0.500. The number of epoxide rings is 1. The average molecular weight is 208 g/mol. The second kappa shape index (κ2) is 3.59. The molecule has 0 radical (unpaired) electrons. The molecule has 0 N–H and O–H groups in total. The van der Waals surface area contributed by atoms with Gasteiger partial charge in [-0.25, -0.2) is 0 Å². The fourth-order valence-electron chi connectivity index (χ4n) is 1.74. The Morgan fingerprint density at radius 3 is 2.36 bits per heavy atom. The van der Waals surface area contributed by atoms with Crippen LogP contribution in [0.25, 0.3) is 0 Å². The molecule has 1 saturated heterocycles. The summed E-state index contributed by atoms with van der Waals surface area (Å²) in [6.45, 7) is 5.22. The van der Waals surface area contributed by atoms with Gasteiger partial charge in [0.2, 0.25) is 0 Å². The van der Waals surface area contributed by atoms with Crippen molar-refractivity contribution in [1.82, 2.24) is 0 Å². The molecule has 1 aromatic carbocycles. The summed E-state index contributed by atoms with van der Waals surface area (Å²) in [5, 5.41) is 0.533. The van der Waals surface area contributed by atoms with Crippen molar-refractivity contribution in [1.29, 1.82) is 0 Å². The molecule has 14 heavy (non-hydrogen) atoms. The highest BCUT2D eigenvalue weighted by Gasteiger charge is 2.50. The molecule has 2 atom stereocenters. The Balaban J connectivity index is 2.26. The lowest BCUT2D eigenvalue weighted by Crippen LogP contribution is -2.21. The van der Waals surface area contributed by atoms with Crippen LogP contribution in [0.1, 0.15) is 18.1 Å². The van der Waals surface area contributed by atoms with Gasteiger partial charge in [-0.15, -0.1) is 0 Å². The number of rotatable bonds is 3. The Bertz CT molecular complexity index is 314. The minimum atomic E-state index is 0.00706. The van der Waals surface area contributed by atoms with E-state index in [1.807, 2.05) is 11.8 Å². The molecule has 76 valence electrons. The molecule has 1 nitrogen and oxygen atoms in total. The molecule has 0 amide bonds. The zero-order valence-electron chi connectivity index (χ0n) is 8.91. The average Bonchev–Trinajstić information content (AvgIpc) is 2.99. The van der Waals surface area contributed by atoms with Gasteiger partial charge in [0.1, 0.15) is 5.60 Å². The SMILES string of the molecule is CS[C@H](C)[C@@]1(c2ccc(C)cc2)CO1. The number of thioether (sulfide) groups is 1. The first-order chi connectivity index (χ1) is 6.69. The molecule has 0 bridgehead atoms. The van der Waals surface area contributed by atoms with Gasteiger partial charge in [-0.2, -0.15) is 11.8 Å². The largest absolute Gasteiger partial charge is 0.363 e. The van der Waals surface area contributed by atoms with Crippen molar-refractivity contribution in [3.05, 3.63) is 35.4 Å². The van der Waals surface area contributed by atoms with Gasteiger partial charge >= 0.3 is 0 Å². The highest BCUT2D eigenvalue weighted by molar-refractivity contribution is 7.99. The van der Waals surface area contributed by atoms with E-state index in [4.69, 9.17) is 4.74 Å². The van der Waals surface area contributed by atoms with E-state index in [0.717, 1.165) is 6.61 Å². The van der Waals surface area contributed by atoms with E-state index in [2.05, 4.69) is 44.4 Å². The number of aryl methyl sites for hydroxylation is 1. The van der Waals surface area contributed by atoms with Crippen molar-refractivity contribution in [2.75, 3.05) is 12.9 Å². The van der Waals surface area contributed by atoms with Gasteiger partial charge in [0, 0.05) is 5.25 Å². The van der Waals surface area contributed by atoms with Crippen molar-refractivity contribution in [2.24, 2.45) is 0 Å². The third kappa shape index (κ3) is 1.57. The van der Waals surface area contributed by atoms with Crippen molar-refractivity contribution in [3.8, 4) is 0 Å². The third-order valence-electron chi connectivity index (χ3n) is 3.01. The zero-order chi connectivity index (χ0) is 10.2. The molecule has 1 heterocycles. The monoisotopic (exact) mass is 208 g/mol. The van der Waals surface area contributed by atoms with Crippen molar-refractivity contribution in [2.45, 2.75) is 24.7 Å². The molecule has 2 heteroatoms. The minimum absolute atomic E-state index is 0.00706. The topological polar surface area (TPSA) is 12.5 Å². The number of hydrogen-bond donors (Lipinski definition) is 0. The van der Waals surface area contributed by atoms with Crippen molar-refractivity contribution >= 4 is 11.8 Å². The van der Waals surface area contributed by atoms with Crippen molar-refractivity contribution in [3.63, 3.8) is 0 Å². The molecule has 0 spiro atoms. The second-order valence-corrected chi connectivity index (χ2v) is 5.10. The summed E-state index contributed by atoms with van der Waals surface area (Å²) in [5.41, 5.74) is 2.64. The zero-order valence-corrected chi connectivity index (χ0v) is 9.73. The van der Waals surface area contributed by atoms with E-state index in [1.165, 1.54) is 11.1 Å². The van der Waals surface area contributed by atoms with Gasteiger partial charge in [-0.05, 0) is 18.7 Å². The number of ether oxygens (including phenoxy) is 1. The minimum Gasteiger partial charge on any atom is -0.363 e. The van der Waals surface area contributed by atoms with E-state index < -0.39 is 0 Å². The van der Waals surface area contributed by atoms with Crippen LogP contribution in [0.4, 0.5) is 0 Å². The molecular weight excluding hydrogens is 192 g/mol. The standard InChI is InChI=1S/C12H16OS/c1-9-4-6-11(7-5-9)12(8-13-12)10(2)14-3/h4-7,10H,8H2,1-3H3/t10-,12-/m1/s1. The van der Waals surface area contributed by atoms with Gasteiger partial charge in [0.15, 0.2) is 0 Å². The van der Waals surface area contributed by atoms with Crippen LogP contribution >= 0.6 is 11.8 Å². The lowest BCUT2D eigenvalue weighted by molar-refractivity contribution is 0.307. The molecule has 0 unspecified atom stereocenters. The quantitative estimate of drug-likeness (QED) is 0.708. The molecule has 1 aromatic rings. The van der Waals surface area contributed by atoms with E-state index in [-0.39, 0.29) is 5.60 Å². The molecular formula is C12H16OS. The summed E-state index contributed by atoms with van der Waals surface area (Å²) in [5.74, 6) is 0. The summed E-state index contributed by atoms with van der Waals surface area (Å²) in [4.78, 5) is 0. The predicted octanol–water partition coefficient (Wildman–Crippen LogP) is 2.97. The molecule has 1 fully saturated rings. The Hall–Kier alpha value is -0.470. The smallest absolute Gasteiger partial charge is 0.128 e. The maximum Gasteiger partial charge on any atom is 0.128 e. The van der Waals surface area contributed by atoms with Crippen LogP contribution < -0.4 is 0 Å².